The number of hydrogen-bond acceptors (Lipinski definition) is 3. The predicted octanol–water partition coefficient (Wildman–Crippen LogP) is 4.62. The van der Waals surface area contributed by atoms with Gasteiger partial charge in [0.2, 0.25) is 0 Å². The van der Waals surface area contributed by atoms with E-state index in [1.54, 1.807) is 0 Å². The Hall–Kier alpha value is -1.97. The molecule has 0 saturated heterocycles. The fourth-order valence-electron chi connectivity index (χ4n) is 4.13. The van der Waals surface area contributed by atoms with Crippen molar-refractivity contribution in [3.05, 3.63) is 77.1 Å². The van der Waals surface area contributed by atoms with Crippen molar-refractivity contribution in [3.63, 3.8) is 0 Å². The molecule has 27 heavy (non-hydrogen) atoms. The van der Waals surface area contributed by atoms with Crippen molar-refractivity contribution in [1.29, 1.82) is 0 Å². The monoisotopic (exact) mass is 364 g/mol. The highest BCUT2D eigenvalue weighted by Crippen LogP contribution is 2.39. The minimum Gasteiger partial charge on any atom is -0.392 e. The molecular formula is C24H32N2O. The fourth-order valence-corrected chi connectivity index (χ4v) is 4.13. The van der Waals surface area contributed by atoms with Gasteiger partial charge < -0.3 is 10.4 Å². The summed E-state index contributed by atoms with van der Waals surface area (Å²) in [5.74, 6) is 0.222. The van der Waals surface area contributed by atoms with Gasteiger partial charge in [-0.2, -0.15) is 0 Å². The molecule has 1 aromatic carbocycles. The van der Waals surface area contributed by atoms with Crippen LogP contribution in [-0.2, 0) is 6.42 Å². The zero-order chi connectivity index (χ0) is 19.6. The van der Waals surface area contributed by atoms with Crippen LogP contribution in [0.25, 0.3) is 0 Å². The van der Waals surface area contributed by atoms with Crippen LogP contribution in [0.1, 0.15) is 50.6 Å². The van der Waals surface area contributed by atoms with Gasteiger partial charge in [-0.1, -0.05) is 61.9 Å². The van der Waals surface area contributed by atoms with Crippen molar-refractivity contribution < 1.29 is 5.11 Å². The highest BCUT2D eigenvalue weighted by Gasteiger charge is 2.43. The third-order valence-corrected chi connectivity index (χ3v) is 5.81. The summed E-state index contributed by atoms with van der Waals surface area (Å²) in [5.41, 5.74) is 4.45. The van der Waals surface area contributed by atoms with E-state index in [1.165, 1.54) is 11.1 Å². The number of nitrogens with one attached hydrogen (secondary N) is 1. The summed E-state index contributed by atoms with van der Waals surface area (Å²) in [6.07, 6.45) is 4.58. The first-order valence-corrected chi connectivity index (χ1v) is 9.91. The van der Waals surface area contributed by atoms with Crippen molar-refractivity contribution in [3.8, 4) is 0 Å². The summed E-state index contributed by atoms with van der Waals surface area (Å²) in [6.45, 7) is 10.6. The van der Waals surface area contributed by atoms with Crippen molar-refractivity contribution >= 4 is 0 Å². The van der Waals surface area contributed by atoms with Gasteiger partial charge in [0, 0.05) is 29.8 Å². The molecule has 2 N–H and O–H groups in total. The Labute approximate surface area is 163 Å². The Kier molecular flexibility index (Phi) is 5.83. The standard InChI is InChI=1S/C24H32N2O/c1-16(2)23(27)21-13-18(4)22(19-9-7-6-8-10-19)26-24(21,5)14-20-12-11-17(3)15-25-20/h6-13,15-16,21-23,26-27H,14H2,1-5H3/t21-,22-,23-,24-/m1/s1. The highest BCUT2D eigenvalue weighted by molar-refractivity contribution is 5.33. The molecule has 0 fully saturated rings. The molecule has 1 aliphatic rings. The topological polar surface area (TPSA) is 45.2 Å². The second-order valence-electron chi connectivity index (χ2n) is 8.58. The lowest BCUT2D eigenvalue weighted by Gasteiger charge is -2.47. The molecule has 4 atom stereocenters. The molecule has 144 valence electrons. The van der Waals surface area contributed by atoms with E-state index in [-0.39, 0.29) is 23.4 Å². The van der Waals surface area contributed by atoms with Gasteiger partial charge in [0.05, 0.1) is 12.1 Å². The molecule has 1 aromatic heterocycles. The summed E-state index contributed by atoms with van der Waals surface area (Å²) in [6, 6.07) is 14.9. The molecule has 0 amide bonds. The van der Waals surface area contributed by atoms with E-state index in [0.29, 0.717) is 0 Å². The van der Waals surface area contributed by atoms with Gasteiger partial charge in [-0.05, 0) is 43.9 Å². The number of rotatable bonds is 5. The first-order valence-electron chi connectivity index (χ1n) is 9.91. The largest absolute Gasteiger partial charge is 0.392 e. The maximum Gasteiger partial charge on any atom is 0.0643 e. The van der Waals surface area contributed by atoms with E-state index in [1.807, 2.05) is 12.3 Å². The number of aromatic nitrogens is 1. The van der Waals surface area contributed by atoms with Crippen LogP contribution in [0.4, 0.5) is 0 Å². The molecule has 0 unspecified atom stereocenters. The Balaban J connectivity index is 1.99. The van der Waals surface area contributed by atoms with Crippen LogP contribution in [0.15, 0.2) is 60.3 Å². The first-order chi connectivity index (χ1) is 12.8. The minimum absolute atomic E-state index is 0.0283. The second-order valence-corrected chi connectivity index (χ2v) is 8.58. The molecule has 0 spiro atoms. The Morgan fingerprint density at radius 2 is 1.81 bits per heavy atom. The summed E-state index contributed by atoms with van der Waals surface area (Å²) in [5, 5.41) is 14.9. The maximum atomic E-state index is 11.0. The van der Waals surface area contributed by atoms with Gasteiger partial charge in [0.25, 0.3) is 0 Å². The molecule has 0 saturated carbocycles. The number of hydrogen-bond donors (Lipinski definition) is 2. The van der Waals surface area contributed by atoms with Gasteiger partial charge >= 0.3 is 0 Å². The summed E-state index contributed by atoms with van der Waals surface area (Å²) >= 11 is 0. The Morgan fingerprint density at radius 1 is 1.11 bits per heavy atom. The number of benzene rings is 1. The molecule has 0 aliphatic carbocycles. The summed E-state index contributed by atoms with van der Waals surface area (Å²) < 4.78 is 0. The average molecular weight is 365 g/mol. The Morgan fingerprint density at radius 3 is 2.41 bits per heavy atom. The normalized spacial score (nSPS) is 26.7. The maximum absolute atomic E-state index is 11.0. The fraction of sp³-hybridized carbons (Fsp3) is 0.458. The van der Waals surface area contributed by atoms with E-state index in [2.05, 4.69) is 87.4 Å². The molecule has 2 heterocycles. The van der Waals surface area contributed by atoms with Crippen LogP contribution >= 0.6 is 0 Å². The number of nitrogens with zero attached hydrogens (tertiary/aromatic N) is 1. The molecule has 3 heteroatoms. The zero-order valence-corrected chi connectivity index (χ0v) is 17.1. The quantitative estimate of drug-likeness (QED) is 0.761. The number of aliphatic hydroxyl groups excluding tert-OH is 1. The number of aliphatic hydroxyl groups is 1. The van der Waals surface area contributed by atoms with Crippen LogP contribution in [0.2, 0.25) is 0 Å². The van der Waals surface area contributed by atoms with Crippen molar-refractivity contribution in [2.24, 2.45) is 11.8 Å². The van der Waals surface area contributed by atoms with Crippen LogP contribution in [0.3, 0.4) is 0 Å². The van der Waals surface area contributed by atoms with E-state index < -0.39 is 6.10 Å². The Bertz CT molecular complexity index is 782. The van der Waals surface area contributed by atoms with Crippen molar-refractivity contribution in [2.45, 2.75) is 58.7 Å². The summed E-state index contributed by atoms with van der Waals surface area (Å²) in [7, 11) is 0. The lowest BCUT2D eigenvalue weighted by molar-refractivity contribution is 0.0314. The number of pyridine rings is 1. The minimum atomic E-state index is -0.403. The van der Waals surface area contributed by atoms with Gasteiger partial charge in [-0.3, -0.25) is 4.98 Å². The van der Waals surface area contributed by atoms with E-state index in [9.17, 15) is 5.11 Å². The van der Waals surface area contributed by atoms with E-state index in [0.717, 1.165) is 17.7 Å². The molecule has 0 radical (unpaired) electrons. The lowest BCUT2D eigenvalue weighted by atomic mass is 9.70. The van der Waals surface area contributed by atoms with Crippen LogP contribution in [-0.4, -0.2) is 21.7 Å². The third-order valence-electron chi connectivity index (χ3n) is 5.81. The van der Waals surface area contributed by atoms with Gasteiger partial charge in [0.1, 0.15) is 0 Å². The smallest absolute Gasteiger partial charge is 0.0643 e. The van der Waals surface area contributed by atoms with Gasteiger partial charge in [0.15, 0.2) is 0 Å². The summed E-state index contributed by atoms with van der Waals surface area (Å²) in [4.78, 5) is 4.63. The van der Waals surface area contributed by atoms with Gasteiger partial charge in [-0.25, -0.2) is 0 Å². The average Bonchev–Trinajstić information content (AvgIpc) is 2.65. The van der Waals surface area contributed by atoms with Crippen LogP contribution in [0, 0.1) is 18.8 Å². The van der Waals surface area contributed by atoms with E-state index >= 15 is 0 Å². The lowest BCUT2D eigenvalue weighted by Crippen LogP contribution is -2.58. The van der Waals surface area contributed by atoms with Crippen molar-refractivity contribution in [2.75, 3.05) is 0 Å². The molecule has 0 bridgehead atoms. The third kappa shape index (κ3) is 4.31. The van der Waals surface area contributed by atoms with Crippen LogP contribution < -0.4 is 5.32 Å². The SMILES string of the molecule is CC1=C[C@H]([C@H](O)C(C)C)[C@@](C)(Cc2ccc(C)cn2)N[C@H]1c1ccccc1. The highest BCUT2D eigenvalue weighted by atomic mass is 16.3. The predicted molar refractivity (Wildman–Crippen MR) is 111 cm³/mol. The number of aryl methyl sites for hydroxylation is 1. The van der Waals surface area contributed by atoms with E-state index in [4.69, 9.17) is 0 Å². The van der Waals surface area contributed by atoms with Gasteiger partial charge in [-0.15, -0.1) is 0 Å². The van der Waals surface area contributed by atoms with Crippen molar-refractivity contribution in [1.82, 2.24) is 10.3 Å². The van der Waals surface area contributed by atoms with Crippen LogP contribution in [0.5, 0.6) is 0 Å². The molecule has 2 aromatic rings. The molecule has 3 rings (SSSR count). The first kappa shape index (κ1) is 19.8. The molecule has 3 nitrogen and oxygen atoms in total. The molecule has 1 aliphatic heterocycles. The zero-order valence-electron chi connectivity index (χ0n) is 17.1. The second kappa shape index (κ2) is 7.95. The molecular weight excluding hydrogens is 332 g/mol.